The van der Waals surface area contributed by atoms with Gasteiger partial charge in [0.2, 0.25) is 0 Å². The predicted octanol–water partition coefficient (Wildman–Crippen LogP) is 3.47. The van der Waals surface area contributed by atoms with Crippen LogP contribution in [0.5, 0.6) is 0 Å². The second-order valence-corrected chi connectivity index (χ2v) is 7.98. The Hall–Kier alpha value is -2.47. The van der Waals surface area contributed by atoms with E-state index in [4.69, 9.17) is 0 Å². The van der Waals surface area contributed by atoms with Gasteiger partial charge in [-0.1, -0.05) is 6.42 Å². The van der Waals surface area contributed by atoms with Crippen LogP contribution in [0.4, 0.5) is 5.69 Å². The lowest BCUT2D eigenvalue weighted by Gasteiger charge is -2.51. The molecule has 0 amide bonds. The maximum Gasteiger partial charge on any atom is 0.140 e. The molecule has 0 aromatic carbocycles. The standard InChI is InChI=1S/C21H26N6/c1-26-11-3-2-7-21(26)8-4-12-27(14-21)18-6-10-23-20-19(18)16(13-24-20)17-5-9-22-15-25-17/h5-6,9-10,13,15H,2-4,7-8,11-12,14H2,1H3,(H,23,24)/t21-/m0/s1. The van der Waals surface area contributed by atoms with E-state index in [1.54, 1.807) is 12.5 Å². The van der Waals surface area contributed by atoms with Crippen LogP contribution in [-0.2, 0) is 0 Å². The molecule has 6 heteroatoms. The summed E-state index contributed by atoms with van der Waals surface area (Å²) in [6.45, 7) is 3.41. The molecule has 1 spiro atoms. The number of aromatic nitrogens is 4. The zero-order valence-electron chi connectivity index (χ0n) is 15.9. The molecule has 0 aliphatic carbocycles. The van der Waals surface area contributed by atoms with E-state index in [-0.39, 0.29) is 0 Å². The fraction of sp³-hybridized carbons (Fsp3) is 0.476. The van der Waals surface area contributed by atoms with Crippen LogP contribution in [0.3, 0.4) is 0 Å². The highest BCUT2D eigenvalue weighted by Crippen LogP contribution is 2.40. The summed E-state index contributed by atoms with van der Waals surface area (Å²) in [7, 11) is 2.31. The zero-order valence-corrected chi connectivity index (χ0v) is 15.9. The number of likely N-dealkylation sites (tertiary alicyclic amines) is 1. The number of fused-ring (bicyclic) bond motifs is 1. The summed E-state index contributed by atoms with van der Waals surface area (Å²) in [6, 6.07) is 4.13. The summed E-state index contributed by atoms with van der Waals surface area (Å²) < 4.78 is 0. The van der Waals surface area contributed by atoms with Gasteiger partial charge in [-0.05, 0) is 51.4 Å². The summed E-state index contributed by atoms with van der Waals surface area (Å²) in [5.74, 6) is 0. The van der Waals surface area contributed by atoms with Gasteiger partial charge in [-0.2, -0.15) is 0 Å². The van der Waals surface area contributed by atoms with Crippen molar-refractivity contribution in [2.75, 3.05) is 31.6 Å². The molecule has 2 aliphatic heterocycles. The minimum Gasteiger partial charge on any atom is -0.369 e. The van der Waals surface area contributed by atoms with Crippen LogP contribution >= 0.6 is 0 Å². The Bertz CT molecular complexity index is 932. The normalized spacial score (nSPS) is 24.0. The maximum absolute atomic E-state index is 4.57. The van der Waals surface area contributed by atoms with Crippen molar-refractivity contribution in [1.82, 2.24) is 24.8 Å². The molecule has 2 saturated heterocycles. The van der Waals surface area contributed by atoms with E-state index in [1.807, 2.05) is 18.5 Å². The molecule has 0 radical (unpaired) electrons. The van der Waals surface area contributed by atoms with E-state index in [1.165, 1.54) is 49.7 Å². The lowest BCUT2D eigenvalue weighted by molar-refractivity contribution is 0.0582. The van der Waals surface area contributed by atoms with Crippen molar-refractivity contribution in [2.45, 2.75) is 37.6 Å². The third kappa shape index (κ3) is 2.79. The fourth-order valence-electron chi connectivity index (χ4n) is 5.02. The molecule has 140 valence electrons. The first-order valence-electron chi connectivity index (χ1n) is 9.96. The molecular weight excluding hydrogens is 336 g/mol. The van der Waals surface area contributed by atoms with E-state index in [2.05, 4.69) is 42.8 Å². The third-order valence-corrected chi connectivity index (χ3v) is 6.50. The van der Waals surface area contributed by atoms with Crippen LogP contribution in [-0.4, -0.2) is 57.1 Å². The number of hydrogen-bond acceptors (Lipinski definition) is 5. The summed E-state index contributed by atoms with van der Waals surface area (Å²) >= 11 is 0. The highest BCUT2D eigenvalue weighted by atomic mass is 15.3. The van der Waals surface area contributed by atoms with Crippen LogP contribution in [0, 0.1) is 0 Å². The fourth-order valence-corrected chi connectivity index (χ4v) is 5.02. The molecule has 2 aliphatic rings. The first kappa shape index (κ1) is 16.7. The highest BCUT2D eigenvalue weighted by Gasteiger charge is 2.40. The largest absolute Gasteiger partial charge is 0.369 e. The second kappa shape index (κ2) is 6.60. The first-order valence-corrected chi connectivity index (χ1v) is 9.96. The van der Waals surface area contributed by atoms with Crippen LogP contribution in [0.25, 0.3) is 22.3 Å². The van der Waals surface area contributed by atoms with Gasteiger partial charge in [0.25, 0.3) is 0 Å². The summed E-state index contributed by atoms with van der Waals surface area (Å²) in [5.41, 5.74) is 4.56. The monoisotopic (exact) mass is 362 g/mol. The van der Waals surface area contributed by atoms with Gasteiger partial charge in [-0.3, -0.25) is 4.90 Å². The lowest BCUT2D eigenvalue weighted by Crippen LogP contribution is -2.59. The van der Waals surface area contributed by atoms with E-state index in [9.17, 15) is 0 Å². The number of anilines is 1. The van der Waals surface area contributed by atoms with E-state index < -0.39 is 0 Å². The minimum absolute atomic E-state index is 0.317. The van der Waals surface area contributed by atoms with Gasteiger partial charge in [0.05, 0.1) is 16.8 Å². The molecule has 0 saturated carbocycles. The molecule has 3 aromatic heterocycles. The molecular formula is C21H26N6. The van der Waals surface area contributed by atoms with Crippen molar-refractivity contribution >= 4 is 16.7 Å². The van der Waals surface area contributed by atoms with Gasteiger partial charge in [0.15, 0.2) is 0 Å². The van der Waals surface area contributed by atoms with Gasteiger partial charge in [0, 0.05) is 42.8 Å². The molecule has 3 aromatic rings. The number of nitrogens with zero attached hydrogens (tertiary/aromatic N) is 5. The Labute approximate surface area is 159 Å². The van der Waals surface area contributed by atoms with Crippen molar-refractivity contribution < 1.29 is 0 Å². The number of pyridine rings is 1. The van der Waals surface area contributed by atoms with E-state index >= 15 is 0 Å². The van der Waals surface area contributed by atoms with Gasteiger partial charge < -0.3 is 9.88 Å². The molecule has 2 fully saturated rings. The number of rotatable bonds is 2. The smallest absolute Gasteiger partial charge is 0.140 e. The van der Waals surface area contributed by atoms with Crippen molar-refractivity contribution in [2.24, 2.45) is 0 Å². The van der Waals surface area contributed by atoms with E-state index in [0.717, 1.165) is 30.0 Å². The van der Waals surface area contributed by atoms with Crippen molar-refractivity contribution in [1.29, 1.82) is 0 Å². The number of H-pyrrole nitrogens is 1. The van der Waals surface area contributed by atoms with Crippen molar-refractivity contribution in [3.63, 3.8) is 0 Å². The summed E-state index contributed by atoms with van der Waals surface area (Å²) in [4.78, 5) is 21.6. The SMILES string of the molecule is CN1CCCC[C@@]12CCCN(c1ccnc3[nH]cc(-c4ccncn4)c13)C2. The topological polar surface area (TPSA) is 60.9 Å². The predicted molar refractivity (Wildman–Crippen MR) is 108 cm³/mol. The first-order chi connectivity index (χ1) is 13.3. The average molecular weight is 362 g/mol. The quantitative estimate of drug-likeness (QED) is 0.756. The molecule has 0 unspecified atom stereocenters. The average Bonchev–Trinajstić information content (AvgIpc) is 3.15. The van der Waals surface area contributed by atoms with Crippen LogP contribution in [0.1, 0.15) is 32.1 Å². The van der Waals surface area contributed by atoms with E-state index in [0.29, 0.717) is 5.54 Å². The molecule has 1 atom stereocenters. The molecule has 27 heavy (non-hydrogen) atoms. The van der Waals surface area contributed by atoms with Gasteiger partial charge >= 0.3 is 0 Å². The van der Waals surface area contributed by atoms with Crippen molar-refractivity contribution in [3.8, 4) is 11.3 Å². The maximum atomic E-state index is 4.57. The molecule has 5 heterocycles. The number of nitrogens with one attached hydrogen (secondary N) is 1. The van der Waals surface area contributed by atoms with Gasteiger partial charge in [-0.15, -0.1) is 0 Å². The Morgan fingerprint density at radius 3 is 2.81 bits per heavy atom. The number of likely N-dealkylation sites (N-methyl/N-ethyl adjacent to an activating group) is 1. The highest BCUT2D eigenvalue weighted by molar-refractivity contribution is 6.01. The van der Waals surface area contributed by atoms with Gasteiger partial charge in [0.1, 0.15) is 12.0 Å². The number of piperidine rings is 2. The van der Waals surface area contributed by atoms with Crippen LogP contribution in [0.15, 0.2) is 37.1 Å². The number of hydrogen-bond donors (Lipinski definition) is 1. The molecule has 6 nitrogen and oxygen atoms in total. The zero-order chi connectivity index (χ0) is 18.3. The lowest BCUT2D eigenvalue weighted by atomic mass is 9.80. The number of aromatic amines is 1. The van der Waals surface area contributed by atoms with Crippen molar-refractivity contribution in [3.05, 3.63) is 37.1 Å². The Balaban J connectivity index is 1.58. The summed E-state index contributed by atoms with van der Waals surface area (Å²) in [6.07, 6.45) is 13.9. The Kier molecular flexibility index (Phi) is 4.08. The Morgan fingerprint density at radius 1 is 1.04 bits per heavy atom. The molecule has 1 N–H and O–H groups in total. The minimum atomic E-state index is 0.317. The second-order valence-electron chi connectivity index (χ2n) is 7.98. The third-order valence-electron chi connectivity index (χ3n) is 6.50. The molecule has 5 rings (SSSR count). The van der Waals surface area contributed by atoms with Crippen LogP contribution < -0.4 is 4.90 Å². The van der Waals surface area contributed by atoms with Gasteiger partial charge in [-0.25, -0.2) is 15.0 Å². The Morgan fingerprint density at radius 2 is 1.96 bits per heavy atom. The molecule has 0 bridgehead atoms. The summed E-state index contributed by atoms with van der Waals surface area (Å²) in [5, 5.41) is 1.17. The van der Waals surface area contributed by atoms with Crippen LogP contribution in [0.2, 0.25) is 0 Å².